The fourth-order valence-electron chi connectivity index (χ4n) is 2.31. The van der Waals surface area contributed by atoms with E-state index in [4.69, 9.17) is 5.73 Å². The maximum atomic E-state index is 12.3. The van der Waals surface area contributed by atoms with Crippen LogP contribution in [0, 0.1) is 0 Å². The van der Waals surface area contributed by atoms with Crippen molar-refractivity contribution >= 4 is 5.82 Å². The number of aromatic nitrogens is 1. The second-order valence-corrected chi connectivity index (χ2v) is 4.94. The van der Waals surface area contributed by atoms with Gasteiger partial charge in [0.15, 0.2) is 0 Å². The lowest BCUT2D eigenvalue weighted by atomic mass is 10.2. The molecule has 1 fully saturated rings. The summed E-state index contributed by atoms with van der Waals surface area (Å²) in [5.41, 5.74) is 6.55. The van der Waals surface area contributed by atoms with E-state index >= 15 is 0 Å². The highest BCUT2D eigenvalue weighted by Crippen LogP contribution is 2.19. The number of hydrogen-bond donors (Lipinski definition) is 1. The van der Waals surface area contributed by atoms with Crippen molar-refractivity contribution in [2.75, 3.05) is 44.2 Å². The standard InChI is InChI=1S/C13H19F3N4/c14-13(15,16)10-19-5-7-20(8-6-19)12-2-1-11(3-4-17)9-18-12/h1-2,9H,3-8,10,17H2. The van der Waals surface area contributed by atoms with E-state index in [1.807, 2.05) is 17.0 Å². The van der Waals surface area contributed by atoms with Gasteiger partial charge in [0.05, 0.1) is 6.54 Å². The lowest BCUT2D eigenvalue weighted by Crippen LogP contribution is -2.49. The van der Waals surface area contributed by atoms with E-state index in [0.29, 0.717) is 32.7 Å². The summed E-state index contributed by atoms with van der Waals surface area (Å²) in [6, 6.07) is 3.88. The summed E-state index contributed by atoms with van der Waals surface area (Å²) in [6.07, 6.45) is -1.55. The molecule has 7 heteroatoms. The van der Waals surface area contributed by atoms with Crippen molar-refractivity contribution in [1.29, 1.82) is 0 Å². The van der Waals surface area contributed by atoms with Gasteiger partial charge in [-0.15, -0.1) is 0 Å². The molecule has 1 aromatic heterocycles. The fourth-order valence-corrected chi connectivity index (χ4v) is 2.31. The average molecular weight is 288 g/mol. The number of anilines is 1. The van der Waals surface area contributed by atoms with Gasteiger partial charge in [-0.3, -0.25) is 4.90 Å². The first-order valence-electron chi connectivity index (χ1n) is 6.67. The molecule has 0 amide bonds. The number of alkyl halides is 3. The fraction of sp³-hybridized carbons (Fsp3) is 0.615. The Labute approximate surface area is 116 Å². The molecule has 0 saturated carbocycles. The third kappa shape index (κ3) is 4.35. The first kappa shape index (κ1) is 15.1. The minimum absolute atomic E-state index is 0.408. The number of nitrogens with zero attached hydrogens (tertiary/aromatic N) is 3. The third-order valence-corrected chi connectivity index (χ3v) is 3.34. The Morgan fingerprint density at radius 2 is 1.85 bits per heavy atom. The Morgan fingerprint density at radius 3 is 2.35 bits per heavy atom. The van der Waals surface area contributed by atoms with Gasteiger partial charge in [-0.1, -0.05) is 6.07 Å². The summed E-state index contributed by atoms with van der Waals surface area (Å²) in [5, 5.41) is 0. The van der Waals surface area contributed by atoms with Gasteiger partial charge in [0.2, 0.25) is 0 Å². The molecule has 2 heterocycles. The predicted octanol–water partition coefficient (Wildman–Crippen LogP) is 1.27. The third-order valence-electron chi connectivity index (χ3n) is 3.34. The van der Waals surface area contributed by atoms with Crippen LogP contribution in [0.25, 0.3) is 0 Å². The van der Waals surface area contributed by atoms with Gasteiger partial charge in [0.1, 0.15) is 5.82 Å². The zero-order valence-electron chi connectivity index (χ0n) is 11.2. The Kier molecular flexibility index (Phi) is 4.82. The van der Waals surface area contributed by atoms with Crippen LogP contribution in [0.5, 0.6) is 0 Å². The van der Waals surface area contributed by atoms with Gasteiger partial charge in [-0.2, -0.15) is 13.2 Å². The van der Waals surface area contributed by atoms with Crippen LogP contribution in [0.3, 0.4) is 0 Å². The molecular formula is C13H19F3N4. The summed E-state index contributed by atoms with van der Waals surface area (Å²) < 4.78 is 36.9. The highest BCUT2D eigenvalue weighted by molar-refractivity contribution is 5.40. The number of pyridine rings is 1. The lowest BCUT2D eigenvalue weighted by Gasteiger charge is -2.35. The van der Waals surface area contributed by atoms with Crippen molar-refractivity contribution in [2.45, 2.75) is 12.6 Å². The molecule has 20 heavy (non-hydrogen) atoms. The van der Waals surface area contributed by atoms with E-state index in [0.717, 1.165) is 17.8 Å². The van der Waals surface area contributed by atoms with Crippen LogP contribution in [0.1, 0.15) is 5.56 Å². The summed E-state index contributed by atoms with van der Waals surface area (Å²) in [5.74, 6) is 0.817. The number of hydrogen-bond acceptors (Lipinski definition) is 4. The van der Waals surface area contributed by atoms with E-state index in [9.17, 15) is 13.2 Å². The van der Waals surface area contributed by atoms with Crippen LogP contribution in [-0.4, -0.2) is 55.3 Å². The van der Waals surface area contributed by atoms with Gasteiger partial charge >= 0.3 is 6.18 Å². The highest BCUT2D eigenvalue weighted by atomic mass is 19.4. The highest BCUT2D eigenvalue weighted by Gasteiger charge is 2.32. The van der Waals surface area contributed by atoms with Crippen LogP contribution in [-0.2, 0) is 6.42 Å². The summed E-state index contributed by atoms with van der Waals surface area (Å²) in [7, 11) is 0. The molecule has 0 aliphatic carbocycles. The van der Waals surface area contributed by atoms with Crippen molar-refractivity contribution in [3.05, 3.63) is 23.9 Å². The molecule has 0 spiro atoms. The van der Waals surface area contributed by atoms with Crippen LogP contribution >= 0.6 is 0 Å². The van der Waals surface area contributed by atoms with Crippen molar-refractivity contribution in [3.63, 3.8) is 0 Å². The van der Waals surface area contributed by atoms with Crippen LogP contribution < -0.4 is 10.6 Å². The molecule has 0 bridgehead atoms. The normalized spacial score (nSPS) is 17.5. The van der Waals surface area contributed by atoms with E-state index in [1.54, 1.807) is 6.20 Å². The van der Waals surface area contributed by atoms with Gasteiger partial charge in [-0.05, 0) is 24.6 Å². The van der Waals surface area contributed by atoms with Crippen molar-refractivity contribution < 1.29 is 13.2 Å². The molecule has 1 aliphatic rings. The maximum absolute atomic E-state index is 12.3. The molecule has 0 radical (unpaired) electrons. The lowest BCUT2D eigenvalue weighted by molar-refractivity contribution is -0.146. The quantitative estimate of drug-likeness (QED) is 0.906. The second-order valence-electron chi connectivity index (χ2n) is 4.94. The largest absolute Gasteiger partial charge is 0.401 e. The predicted molar refractivity (Wildman–Crippen MR) is 71.7 cm³/mol. The zero-order chi connectivity index (χ0) is 14.6. The van der Waals surface area contributed by atoms with Gasteiger partial charge < -0.3 is 10.6 Å². The minimum atomic E-state index is -4.12. The molecule has 2 N–H and O–H groups in total. The second kappa shape index (κ2) is 6.41. The molecule has 0 aromatic carbocycles. The van der Waals surface area contributed by atoms with E-state index < -0.39 is 12.7 Å². The molecule has 1 saturated heterocycles. The smallest absolute Gasteiger partial charge is 0.354 e. The van der Waals surface area contributed by atoms with Crippen LogP contribution in [0.15, 0.2) is 18.3 Å². The molecule has 2 rings (SSSR count). The first-order chi connectivity index (χ1) is 9.48. The molecule has 4 nitrogen and oxygen atoms in total. The summed E-state index contributed by atoms with van der Waals surface area (Å²) >= 11 is 0. The first-order valence-corrected chi connectivity index (χ1v) is 6.67. The van der Waals surface area contributed by atoms with E-state index in [1.165, 1.54) is 4.90 Å². The van der Waals surface area contributed by atoms with Crippen LogP contribution in [0.2, 0.25) is 0 Å². The number of rotatable bonds is 4. The van der Waals surface area contributed by atoms with Crippen molar-refractivity contribution in [2.24, 2.45) is 5.73 Å². The van der Waals surface area contributed by atoms with Crippen molar-refractivity contribution in [3.8, 4) is 0 Å². The molecule has 1 aromatic rings. The van der Waals surface area contributed by atoms with Gasteiger partial charge in [0.25, 0.3) is 0 Å². The average Bonchev–Trinajstić information content (AvgIpc) is 2.39. The van der Waals surface area contributed by atoms with Crippen LogP contribution in [0.4, 0.5) is 19.0 Å². The summed E-state index contributed by atoms with van der Waals surface area (Å²) in [6.45, 7) is 1.71. The maximum Gasteiger partial charge on any atom is 0.401 e. The van der Waals surface area contributed by atoms with Gasteiger partial charge in [0, 0.05) is 32.4 Å². The van der Waals surface area contributed by atoms with Crippen molar-refractivity contribution in [1.82, 2.24) is 9.88 Å². The van der Waals surface area contributed by atoms with E-state index in [2.05, 4.69) is 4.98 Å². The molecule has 1 aliphatic heterocycles. The SMILES string of the molecule is NCCc1ccc(N2CCN(CC(F)(F)F)CC2)nc1. The molecule has 112 valence electrons. The van der Waals surface area contributed by atoms with E-state index in [-0.39, 0.29) is 0 Å². The number of piperazine rings is 1. The molecular weight excluding hydrogens is 269 g/mol. The molecule has 0 atom stereocenters. The van der Waals surface area contributed by atoms with Gasteiger partial charge in [-0.25, -0.2) is 4.98 Å². The zero-order valence-corrected chi connectivity index (χ0v) is 11.2. The Balaban J connectivity index is 1.87. The Morgan fingerprint density at radius 1 is 1.15 bits per heavy atom. The Bertz CT molecular complexity index is 411. The topological polar surface area (TPSA) is 45.4 Å². The Hall–Kier alpha value is -1.34. The summed E-state index contributed by atoms with van der Waals surface area (Å²) in [4.78, 5) is 7.79. The monoisotopic (exact) mass is 288 g/mol. The number of nitrogens with two attached hydrogens (primary N) is 1. The number of halogens is 3. The molecule has 0 unspecified atom stereocenters. The minimum Gasteiger partial charge on any atom is -0.354 e.